The number of halogens is 1. The monoisotopic (exact) mass is 306 g/mol. The Kier molecular flexibility index (Phi) is 5.34. The number of benzene rings is 1. The minimum Gasteiger partial charge on any atom is -0.481 e. The first-order chi connectivity index (χ1) is 10.2. The molecule has 1 amide bonds. The van der Waals surface area contributed by atoms with Crippen molar-refractivity contribution in [2.75, 3.05) is 25.5 Å². The molecule has 0 aliphatic rings. The molecular formula is C14H15ClN4O2. The van der Waals surface area contributed by atoms with Crippen LogP contribution in [0.15, 0.2) is 36.5 Å². The third-order valence-corrected chi connectivity index (χ3v) is 2.89. The van der Waals surface area contributed by atoms with Gasteiger partial charge < -0.3 is 15.4 Å². The Hall–Kier alpha value is -2.34. The van der Waals surface area contributed by atoms with Crippen molar-refractivity contribution in [2.45, 2.75) is 0 Å². The molecule has 0 spiro atoms. The molecule has 0 saturated heterocycles. The second-order valence-corrected chi connectivity index (χ2v) is 4.55. The first-order valence-corrected chi connectivity index (χ1v) is 6.71. The molecule has 0 radical (unpaired) electrons. The fraction of sp³-hybridized carbons (Fsp3) is 0.214. The number of nitrogens with zero attached hydrogens (tertiary/aromatic N) is 2. The van der Waals surface area contributed by atoms with E-state index in [9.17, 15) is 4.79 Å². The van der Waals surface area contributed by atoms with Gasteiger partial charge in [0.25, 0.3) is 5.91 Å². The average molecular weight is 307 g/mol. The molecule has 1 aromatic heterocycles. The number of anilines is 1. The maximum Gasteiger partial charge on any atom is 0.251 e. The highest BCUT2D eigenvalue weighted by atomic mass is 35.5. The number of amides is 1. The predicted molar refractivity (Wildman–Crippen MR) is 80.9 cm³/mol. The first kappa shape index (κ1) is 15.1. The topological polar surface area (TPSA) is 76.1 Å². The Balaban J connectivity index is 1.76. The molecule has 0 fully saturated rings. The largest absolute Gasteiger partial charge is 0.481 e. The van der Waals surface area contributed by atoms with Crippen molar-refractivity contribution in [1.29, 1.82) is 0 Å². The van der Waals surface area contributed by atoms with Crippen LogP contribution >= 0.6 is 11.6 Å². The van der Waals surface area contributed by atoms with Crippen molar-refractivity contribution in [2.24, 2.45) is 0 Å². The summed E-state index contributed by atoms with van der Waals surface area (Å²) < 4.78 is 5.00. The molecule has 7 heteroatoms. The quantitative estimate of drug-likeness (QED) is 0.798. The van der Waals surface area contributed by atoms with Gasteiger partial charge in [0.2, 0.25) is 11.8 Å². The predicted octanol–water partition coefficient (Wildman–Crippen LogP) is 1.98. The number of rotatable bonds is 6. The maximum absolute atomic E-state index is 11.8. The van der Waals surface area contributed by atoms with Gasteiger partial charge in [0.1, 0.15) is 0 Å². The van der Waals surface area contributed by atoms with E-state index in [0.717, 1.165) is 0 Å². The van der Waals surface area contributed by atoms with E-state index in [0.29, 0.717) is 35.5 Å². The van der Waals surface area contributed by atoms with Crippen LogP contribution in [0.25, 0.3) is 0 Å². The minimum atomic E-state index is -0.153. The van der Waals surface area contributed by atoms with Crippen molar-refractivity contribution in [3.63, 3.8) is 0 Å². The summed E-state index contributed by atoms with van der Waals surface area (Å²) in [6.45, 7) is 0.953. The molecule has 0 atom stereocenters. The number of nitrogens with one attached hydrogen (secondary N) is 2. The van der Waals surface area contributed by atoms with Crippen LogP contribution < -0.4 is 15.4 Å². The summed E-state index contributed by atoms with van der Waals surface area (Å²) >= 11 is 5.77. The Morgan fingerprint density at radius 1 is 1.24 bits per heavy atom. The summed E-state index contributed by atoms with van der Waals surface area (Å²) in [5, 5.41) is 6.38. The molecule has 6 nitrogen and oxygen atoms in total. The molecule has 110 valence electrons. The normalized spacial score (nSPS) is 10.0. The lowest BCUT2D eigenvalue weighted by Gasteiger charge is -2.07. The summed E-state index contributed by atoms with van der Waals surface area (Å²) in [5.74, 6) is 0.785. The number of methoxy groups -OCH3 is 1. The summed E-state index contributed by atoms with van der Waals surface area (Å²) in [6.07, 6.45) is 1.60. The molecule has 1 aromatic carbocycles. The smallest absolute Gasteiger partial charge is 0.251 e. The highest BCUT2D eigenvalue weighted by Crippen LogP contribution is 2.09. The van der Waals surface area contributed by atoms with E-state index in [1.165, 1.54) is 0 Å². The van der Waals surface area contributed by atoms with E-state index in [-0.39, 0.29) is 5.91 Å². The fourth-order valence-corrected chi connectivity index (χ4v) is 1.72. The van der Waals surface area contributed by atoms with E-state index < -0.39 is 0 Å². The van der Waals surface area contributed by atoms with E-state index >= 15 is 0 Å². The lowest BCUT2D eigenvalue weighted by Crippen LogP contribution is -2.29. The van der Waals surface area contributed by atoms with Gasteiger partial charge in [-0.1, -0.05) is 11.6 Å². The Bertz CT molecular complexity index is 604. The molecule has 0 bridgehead atoms. The number of carbonyl (C=O) groups is 1. The SMILES string of the molecule is COc1ccnc(NCCNC(=O)c2ccc(Cl)cc2)n1. The van der Waals surface area contributed by atoms with Crippen LogP contribution in [0, 0.1) is 0 Å². The molecule has 2 rings (SSSR count). The lowest BCUT2D eigenvalue weighted by atomic mass is 10.2. The number of aromatic nitrogens is 2. The van der Waals surface area contributed by atoms with E-state index in [4.69, 9.17) is 16.3 Å². The average Bonchev–Trinajstić information content (AvgIpc) is 2.52. The summed E-state index contributed by atoms with van der Waals surface area (Å²) in [6, 6.07) is 8.37. The molecule has 1 heterocycles. The van der Waals surface area contributed by atoms with Crippen molar-refractivity contribution < 1.29 is 9.53 Å². The minimum absolute atomic E-state index is 0.153. The van der Waals surface area contributed by atoms with Gasteiger partial charge in [-0.05, 0) is 24.3 Å². The zero-order valence-corrected chi connectivity index (χ0v) is 12.2. The van der Waals surface area contributed by atoms with Crippen LogP contribution in [0.3, 0.4) is 0 Å². The van der Waals surface area contributed by atoms with Gasteiger partial charge in [0, 0.05) is 35.9 Å². The Morgan fingerprint density at radius 3 is 2.71 bits per heavy atom. The zero-order chi connectivity index (χ0) is 15.1. The molecule has 2 N–H and O–H groups in total. The molecular weight excluding hydrogens is 292 g/mol. The van der Waals surface area contributed by atoms with Gasteiger partial charge in [0.15, 0.2) is 0 Å². The van der Waals surface area contributed by atoms with Crippen molar-refractivity contribution in [3.05, 3.63) is 47.1 Å². The number of hydrogen-bond donors (Lipinski definition) is 2. The second kappa shape index (κ2) is 7.44. The molecule has 21 heavy (non-hydrogen) atoms. The van der Waals surface area contributed by atoms with Crippen molar-refractivity contribution >= 4 is 23.5 Å². The van der Waals surface area contributed by atoms with Gasteiger partial charge >= 0.3 is 0 Å². The standard InChI is InChI=1S/C14H15ClN4O2/c1-21-12-6-7-17-14(19-12)18-9-8-16-13(20)10-2-4-11(15)5-3-10/h2-7H,8-9H2,1H3,(H,16,20)(H,17,18,19). The van der Waals surface area contributed by atoms with Crippen LogP contribution in [0.2, 0.25) is 5.02 Å². The van der Waals surface area contributed by atoms with Gasteiger partial charge in [0.05, 0.1) is 7.11 Å². The van der Waals surface area contributed by atoms with E-state index in [2.05, 4.69) is 20.6 Å². The highest BCUT2D eigenvalue weighted by Gasteiger charge is 2.04. The van der Waals surface area contributed by atoms with Gasteiger partial charge in [-0.2, -0.15) is 4.98 Å². The third kappa shape index (κ3) is 4.61. The third-order valence-electron chi connectivity index (χ3n) is 2.64. The zero-order valence-electron chi connectivity index (χ0n) is 11.5. The Labute approximate surface area is 127 Å². The van der Waals surface area contributed by atoms with Gasteiger partial charge in [-0.15, -0.1) is 0 Å². The van der Waals surface area contributed by atoms with Gasteiger partial charge in [-0.3, -0.25) is 4.79 Å². The number of carbonyl (C=O) groups excluding carboxylic acids is 1. The van der Waals surface area contributed by atoms with Crippen LogP contribution in [0.1, 0.15) is 10.4 Å². The summed E-state index contributed by atoms with van der Waals surface area (Å²) in [7, 11) is 1.54. The van der Waals surface area contributed by atoms with Gasteiger partial charge in [-0.25, -0.2) is 4.98 Å². The fourth-order valence-electron chi connectivity index (χ4n) is 1.59. The molecule has 0 saturated carbocycles. The number of ether oxygens (including phenoxy) is 1. The highest BCUT2D eigenvalue weighted by molar-refractivity contribution is 6.30. The lowest BCUT2D eigenvalue weighted by molar-refractivity contribution is 0.0955. The second-order valence-electron chi connectivity index (χ2n) is 4.11. The molecule has 0 unspecified atom stereocenters. The van der Waals surface area contributed by atoms with E-state index in [1.54, 1.807) is 43.6 Å². The van der Waals surface area contributed by atoms with Crippen molar-refractivity contribution in [1.82, 2.24) is 15.3 Å². The van der Waals surface area contributed by atoms with E-state index in [1.807, 2.05) is 0 Å². The summed E-state index contributed by atoms with van der Waals surface area (Å²) in [4.78, 5) is 20.0. The molecule has 2 aromatic rings. The maximum atomic E-state index is 11.8. The Morgan fingerprint density at radius 2 is 2.00 bits per heavy atom. The first-order valence-electron chi connectivity index (χ1n) is 6.33. The summed E-state index contributed by atoms with van der Waals surface area (Å²) in [5.41, 5.74) is 0.567. The number of hydrogen-bond acceptors (Lipinski definition) is 5. The van der Waals surface area contributed by atoms with Crippen LogP contribution in [0.5, 0.6) is 5.88 Å². The van der Waals surface area contributed by atoms with Crippen molar-refractivity contribution in [3.8, 4) is 5.88 Å². The van der Waals surface area contributed by atoms with Crippen LogP contribution in [-0.2, 0) is 0 Å². The molecule has 0 aliphatic carbocycles. The van der Waals surface area contributed by atoms with Crippen LogP contribution in [0.4, 0.5) is 5.95 Å². The van der Waals surface area contributed by atoms with Crippen LogP contribution in [-0.4, -0.2) is 36.1 Å². The molecule has 0 aliphatic heterocycles.